The van der Waals surface area contributed by atoms with Gasteiger partial charge in [-0.2, -0.15) is 0 Å². The predicted molar refractivity (Wildman–Crippen MR) is 83.3 cm³/mol. The van der Waals surface area contributed by atoms with Crippen molar-refractivity contribution in [3.05, 3.63) is 35.4 Å². The van der Waals surface area contributed by atoms with Gasteiger partial charge in [0, 0.05) is 7.11 Å². The van der Waals surface area contributed by atoms with E-state index >= 15 is 0 Å². The Morgan fingerprint density at radius 3 is 2.38 bits per heavy atom. The van der Waals surface area contributed by atoms with E-state index in [1.165, 1.54) is 12.8 Å². The number of ether oxygens (including phenoxy) is 1. The Morgan fingerprint density at radius 1 is 1.29 bits per heavy atom. The van der Waals surface area contributed by atoms with Crippen LogP contribution in [0, 0.1) is 5.92 Å². The highest BCUT2D eigenvalue weighted by Crippen LogP contribution is 2.43. The minimum atomic E-state index is -0.685. The second kappa shape index (κ2) is 7.08. The summed E-state index contributed by atoms with van der Waals surface area (Å²) in [5.41, 5.74) is 1.35. The van der Waals surface area contributed by atoms with Crippen molar-refractivity contribution in [3.63, 3.8) is 0 Å². The van der Waals surface area contributed by atoms with Gasteiger partial charge in [-0.05, 0) is 42.7 Å². The van der Waals surface area contributed by atoms with E-state index in [2.05, 4.69) is 6.92 Å². The SMILES string of the molecule is CCCC1CCC(C(=O)O)(c2ccc(COC)cc2)CC1. The van der Waals surface area contributed by atoms with Gasteiger partial charge in [0.15, 0.2) is 0 Å². The average Bonchev–Trinajstić information content (AvgIpc) is 2.49. The maximum absolute atomic E-state index is 11.9. The number of carboxylic acids is 1. The summed E-state index contributed by atoms with van der Waals surface area (Å²) in [6, 6.07) is 7.93. The third kappa shape index (κ3) is 3.46. The van der Waals surface area contributed by atoms with Crippen LogP contribution >= 0.6 is 0 Å². The monoisotopic (exact) mass is 290 g/mol. The van der Waals surface area contributed by atoms with Crippen LogP contribution in [0.25, 0.3) is 0 Å². The predicted octanol–water partition coefficient (Wildman–Crippen LogP) is 4.15. The highest BCUT2D eigenvalue weighted by Gasteiger charge is 2.43. The maximum Gasteiger partial charge on any atom is 0.314 e. The minimum Gasteiger partial charge on any atom is -0.481 e. The fourth-order valence-electron chi connectivity index (χ4n) is 3.58. The van der Waals surface area contributed by atoms with Crippen LogP contribution in [0.1, 0.15) is 56.6 Å². The van der Waals surface area contributed by atoms with E-state index in [0.717, 1.165) is 36.8 Å². The smallest absolute Gasteiger partial charge is 0.314 e. The molecule has 1 aromatic carbocycles. The third-order valence-corrected chi connectivity index (χ3v) is 4.88. The lowest BCUT2D eigenvalue weighted by Crippen LogP contribution is -2.39. The zero-order valence-corrected chi connectivity index (χ0v) is 13.1. The molecule has 0 atom stereocenters. The highest BCUT2D eigenvalue weighted by molar-refractivity contribution is 5.81. The number of aliphatic carboxylic acids is 1. The first kappa shape index (κ1) is 16.0. The van der Waals surface area contributed by atoms with Crippen molar-refractivity contribution in [2.24, 2.45) is 5.92 Å². The van der Waals surface area contributed by atoms with E-state index in [0.29, 0.717) is 12.5 Å². The Morgan fingerprint density at radius 2 is 1.90 bits per heavy atom. The molecule has 0 aromatic heterocycles. The molecule has 0 radical (unpaired) electrons. The number of hydrogen-bond donors (Lipinski definition) is 1. The number of hydrogen-bond acceptors (Lipinski definition) is 2. The zero-order chi connectivity index (χ0) is 15.3. The Labute approximate surface area is 127 Å². The molecular formula is C18H26O3. The highest BCUT2D eigenvalue weighted by atomic mass is 16.5. The lowest BCUT2D eigenvalue weighted by Gasteiger charge is -2.37. The van der Waals surface area contributed by atoms with Gasteiger partial charge in [0.05, 0.1) is 12.0 Å². The summed E-state index contributed by atoms with van der Waals surface area (Å²) < 4.78 is 5.11. The fourth-order valence-corrected chi connectivity index (χ4v) is 3.58. The van der Waals surface area contributed by atoms with Crippen molar-refractivity contribution >= 4 is 5.97 Å². The molecule has 1 fully saturated rings. The van der Waals surface area contributed by atoms with Crippen LogP contribution in [0.15, 0.2) is 24.3 Å². The van der Waals surface area contributed by atoms with E-state index in [9.17, 15) is 9.90 Å². The standard InChI is InChI=1S/C18H26O3/c1-3-4-14-9-11-18(12-10-14,17(19)20)16-7-5-15(6-8-16)13-21-2/h5-8,14H,3-4,9-13H2,1-2H3,(H,19,20). The summed E-state index contributed by atoms with van der Waals surface area (Å²) >= 11 is 0. The van der Waals surface area contributed by atoms with Crippen LogP contribution < -0.4 is 0 Å². The molecule has 1 aliphatic carbocycles. The van der Waals surface area contributed by atoms with E-state index in [1.807, 2.05) is 24.3 Å². The van der Waals surface area contributed by atoms with Crippen molar-refractivity contribution in [1.29, 1.82) is 0 Å². The normalized spacial score (nSPS) is 25.7. The minimum absolute atomic E-state index is 0.568. The van der Waals surface area contributed by atoms with Gasteiger partial charge >= 0.3 is 5.97 Å². The molecule has 0 saturated heterocycles. The van der Waals surface area contributed by atoms with Crippen molar-refractivity contribution in [3.8, 4) is 0 Å². The van der Waals surface area contributed by atoms with Crippen molar-refractivity contribution in [2.45, 2.75) is 57.5 Å². The molecule has 0 heterocycles. The Kier molecular flexibility index (Phi) is 5.40. The van der Waals surface area contributed by atoms with Crippen LogP contribution in [0.4, 0.5) is 0 Å². The lowest BCUT2D eigenvalue weighted by molar-refractivity contribution is -0.145. The molecule has 3 heteroatoms. The number of benzene rings is 1. The molecule has 1 N–H and O–H groups in total. The lowest BCUT2D eigenvalue weighted by atomic mass is 9.66. The van der Waals surface area contributed by atoms with E-state index in [4.69, 9.17) is 4.74 Å². The van der Waals surface area contributed by atoms with Crippen molar-refractivity contribution in [2.75, 3.05) is 7.11 Å². The largest absolute Gasteiger partial charge is 0.481 e. The molecule has 0 amide bonds. The Bertz CT molecular complexity index is 456. The van der Waals surface area contributed by atoms with Crippen LogP contribution in [0.5, 0.6) is 0 Å². The molecule has 1 aliphatic rings. The Hall–Kier alpha value is -1.35. The van der Waals surface area contributed by atoms with Crippen molar-refractivity contribution < 1.29 is 14.6 Å². The number of methoxy groups -OCH3 is 1. The first-order chi connectivity index (χ1) is 10.1. The fraction of sp³-hybridized carbons (Fsp3) is 0.611. The summed E-state index contributed by atoms with van der Waals surface area (Å²) in [6.45, 7) is 2.77. The van der Waals surface area contributed by atoms with Crippen LogP contribution in [0.3, 0.4) is 0 Å². The second-order valence-corrected chi connectivity index (χ2v) is 6.25. The summed E-state index contributed by atoms with van der Waals surface area (Å²) in [5.74, 6) is 0.0344. The number of carboxylic acid groups (broad SMARTS) is 1. The Balaban J connectivity index is 2.17. The van der Waals surface area contributed by atoms with Gasteiger partial charge in [0.25, 0.3) is 0 Å². The maximum atomic E-state index is 11.9. The molecule has 0 bridgehead atoms. The molecule has 3 nitrogen and oxygen atoms in total. The van der Waals surface area contributed by atoms with Gasteiger partial charge in [-0.1, -0.05) is 44.0 Å². The molecule has 1 saturated carbocycles. The van der Waals surface area contributed by atoms with Gasteiger partial charge in [-0.3, -0.25) is 4.79 Å². The molecular weight excluding hydrogens is 264 g/mol. The molecule has 1 aromatic rings. The van der Waals surface area contributed by atoms with Crippen molar-refractivity contribution in [1.82, 2.24) is 0 Å². The summed E-state index contributed by atoms with van der Waals surface area (Å²) in [4.78, 5) is 11.9. The van der Waals surface area contributed by atoms with Gasteiger partial charge in [-0.25, -0.2) is 0 Å². The van der Waals surface area contributed by atoms with Gasteiger partial charge in [0.2, 0.25) is 0 Å². The van der Waals surface area contributed by atoms with Crippen LogP contribution in [-0.2, 0) is 21.6 Å². The molecule has 116 valence electrons. The second-order valence-electron chi connectivity index (χ2n) is 6.25. The first-order valence-electron chi connectivity index (χ1n) is 7.94. The van der Waals surface area contributed by atoms with Gasteiger partial charge < -0.3 is 9.84 Å². The van der Waals surface area contributed by atoms with E-state index in [-0.39, 0.29) is 0 Å². The van der Waals surface area contributed by atoms with Gasteiger partial charge in [0.1, 0.15) is 0 Å². The van der Waals surface area contributed by atoms with Crippen LogP contribution in [-0.4, -0.2) is 18.2 Å². The molecule has 2 rings (SSSR count). The number of rotatable bonds is 6. The molecule has 21 heavy (non-hydrogen) atoms. The van der Waals surface area contributed by atoms with E-state index in [1.54, 1.807) is 7.11 Å². The first-order valence-corrected chi connectivity index (χ1v) is 7.94. The topological polar surface area (TPSA) is 46.5 Å². The van der Waals surface area contributed by atoms with E-state index < -0.39 is 11.4 Å². The summed E-state index contributed by atoms with van der Waals surface area (Å²) in [7, 11) is 1.67. The number of carbonyl (C=O) groups is 1. The summed E-state index contributed by atoms with van der Waals surface area (Å²) in [6.07, 6.45) is 5.99. The quantitative estimate of drug-likeness (QED) is 0.856. The average molecular weight is 290 g/mol. The summed E-state index contributed by atoms with van der Waals surface area (Å²) in [5, 5.41) is 9.81. The zero-order valence-electron chi connectivity index (χ0n) is 13.1. The third-order valence-electron chi connectivity index (χ3n) is 4.88. The van der Waals surface area contributed by atoms with Gasteiger partial charge in [-0.15, -0.1) is 0 Å². The van der Waals surface area contributed by atoms with Crippen LogP contribution in [0.2, 0.25) is 0 Å². The molecule has 0 unspecified atom stereocenters. The molecule has 0 aliphatic heterocycles. The molecule has 0 spiro atoms.